The van der Waals surface area contributed by atoms with E-state index in [9.17, 15) is 0 Å². The summed E-state index contributed by atoms with van der Waals surface area (Å²) in [7, 11) is 4.28. The average molecular weight is 355 g/mol. The highest BCUT2D eigenvalue weighted by molar-refractivity contribution is 5.18. The van der Waals surface area contributed by atoms with Crippen molar-refractivity contribution >= 4 is 0 Å². The van der Waals surface area contributed by atoms with Crippen molar-refractivity contribution in [3.05, 3.63) is 47.5 Å². The van der Waals surface area contributed by atoms with Crippen molar-refractivity contribution in [2.75, 3.05) is 33.3 Å². The van der Waals surface area contributed by atoms with Crippen LogP contribution in [0.2, 0.25) is 0 Å². The van der Waals surface area contributed by atoms with Crippen LogP contribution in [0.3, 0.4) is 0 Å². The Morgan fingerprint density at radius 2 is 2.12 bits per heavy atom. The lowest BCUT2D eigenvalue weighted by molar-refractivity contribution is -0.0227. The first-order valence-electron chi connectivity index (χ1n) is 9.44. The van der Waals surface area contributed by atoms with E-state index < -0.39 is 0 Å². The average Bonchev–Trinajstić information content (AvgIpc) is 3.10. The van der Waals surface area contributed by atoms with Crippen LogP contribution in [0.1, 0.15) is 23.4 Å². The van der Waals surface area contributed by atoms with Gasteiger partial charge in [0.15, 0.2) is 0 Å². The first kappa shape index (κ1) is 17.6. The zero-order chi connectivity index (χ0) is 18.1. The molecule has 0 saturated carbocycles. The predicted molar refractivity (Wildman–Crippen MR) is 101 cm³/mol. The number of likely N-dealkylation sites (tertiary alicyclic amines) is 2. The molecule has 2 aliphatic heterocycles. The maximum atomic E-state index is 5.94. The molecule has 6 heteroatoms. The molecule has 0 aliphatic carbocycles. The van der Waals surface area contributed by atoms with Crippen molar-refractivity contribution in [2.45, 2.75) is 32.0 Å². The minimum Gasteiger partial charge on any atom is -0.375 e. The Morgan fingerprint density at radius 1 is 1.27 bits per heavy atom. The summed E-state index contributed by atoms with van der Waals surface area (Å²) in [5, 5.41) is 4.36. The molecule has 2 aromatic heterocycles. The number of aryl methyl sites for hydroxylation is 1. The zero-order valence-electron chi connectivity index (χ0n) is 16.1. The highest BCUT2D eigenvalue weighted by Crippen LogP contribution is 2.40. The second-order valence-electron chi connectivity index (χ2n) is 8.04. The van der Waals surface area contributed by atoms with Gasteiger partial charge in [-0.1, -0.05) is 6.07 Å². The van der Waals surface area contributed by atoms with Crippen molar-refractivity contribution in [3.63, 3.8) is 0 Å². The van der Waals surface area contributed by atoms with Gasteiger partial charge in [0, 0.05) is 56.2 Å². The van der Waals surface area contributed by atoms with Crippen LogP contribution in [0, 0.1) is 12.8 Å². The van der Waals surface area contributed by atoms with Crippen LogP contribution in [0.5, 0.6) is 0 Å². The molecule has 1 atom stereocenters. The van der Waals surface area contributed by atoms with Crippen molar-refractivity contribution in [2.24, 2.45) is 13.0 Å². The lowest BCUT2D eigenvalue weighted by atomic mass is 9.84. The zero-order valence-corrected chi connectivity index (χ0v) is 16.1. The lowest BCUT2D eigenvalue weighted by Crippen LogP contribution is -2.66. The van der Waals surface area contributed by atoms with Crippen molar-refractivity contribution in [1.29, 1.82) is 0 Å². The van der Waals surface area contributed by atoms with E-state index in [4.69, 9.17) is 4.74 Å². The van der Waals surface area contributed by atoms with Gasteiger partial charge < -0.3 is 4.74 Å². The Morgan fingerprint density at radius 3 is 2.81 bits per heavy atom. The van der Waals surface area contributed by atoms with Crippen molar-refractivity contribution in [3.8, 4) is 0 Å². The number of nitrogens with zero attached hydrogens (tertiary/aromatic N) is 5. The second-order valence-corrected chi connectivity index (χ2v) is 8.04. The van der Waals surface area contributed by atoms with Crippen molar-refractivity contribution < 1.29 is 4.74 Å². The quantitative estimate of drug-likeness (QED) is 0.791. The van der Waals surface area contributed by atoms with Gasteiger partial charge in [-0.05, 0) is 38.4 Å². The molecule has 0 radical (unpaired) electrons. The fraction of sp³-hybridized carbons (Fsp3) is 0.600. The summed E-state index contributed by atoms with van der Waals surface area (Å²) >= 11 is 0. The van der Waals surface area contributed by atoms with E-state index in [-0.39, 0.29) is 0 Å². The minimum atomic E-state index is 0.342. The van der Waals surface area contributed by atoms with Crippen LogP contribution >= 0.6 is 0 Å². The van der Waals surface area contributed by atoms with Crippen LogP contribution in [0.15, 0.2) is 30.6 Å². The van der Waals surface area contributed by atoms with E-state index in [1.54, 1.807) is 0 Å². The molecule has 0 amide bonds. The molecular weight excluding hydrogens is 326 g/mol. The normalized spacial score (nSPS) is 22.8. The van der Waals surface area contributed by atoms with Gasteiger partial charge in [-0.3, -0.25) is 19.5 Å². The number of pyridine rings is 1. The van der Waals surface area contributed by atoms with Crippen LogP contribution in [-0.4, -0.2) is 63.4 Å². The lowest BCUT2D eigenvalue weighted by Gasteiger charge is -2.52. The van der Waals surface area contributed by atoms with E-state index >= 15 is 0 Å². The maximum Gasteiger partial charge on any atom is 0.0887 e. The number of hydrogen-bond donors (Lipinski definition) is 0. The Kier molecular flexibility index (Phi) is 4.82. The minimum absolute atomic E-state index is 0.342. The molecule has 1 spiro atoms. The molecular formula is C20H29N5O. The molecule has 26 heavy (non-hydrogen) atoms. The molecule has 2 fully saturated rings. The van der Waals surface area contributed by atoms with Gasteiger partial charge in [-0.15, -0.1) is 0 Å². The van der Waals surface area contributed by atoms with E-state index in [2.05, 4.69) is 33.9 Å². The highest BCUT2D eigenvalue weighted by Gasteiger charge is 2.51. The Labute approximate surface area is 155 Å². The van der Waals surface area contributed by atoms with Gasteiger partial charge in [-0.2, -0.15) is 5.10 Å². The SMILES string of the molecule is Cc1c(CN2CC3(C[C@H](COCc4ccccn4)CN3C)C2)cnn1C. The monoisotopic (exact) mass is 355 g/mol. The first-order chi connectivity index (χ1) is 12.6. The summed E-state index contributed by atoms with van der Waals surface area (Å²) in [6.45, 7) is 8.01. The molecule has 2 aromatic rings. The molecule has 6 nitrogen and oxygen atoms in total. The smallest absolute Gasteiger partial charge is 0.0887 e. The fourth-order valence-electron chi connectivity index (χ4n) is 4.47. The molecule has 2 aliphatic rings. The highest BCUT2D eigenvalue weighted by atomic mass is 16.5. The Hall–Kier alpha value is -1.76. The molecule has 0 N–H and O–H groups in total. The third-order valence-corrected chi connectivity index (χ3v) is 6.11. The topological polar surface area (TPSA) is 46.4 Å². The van der Waals surface area contributed by atoms with E-state index in [1.807, 2.05) is 42.3 Å². The summed E-state index contributed by atoms with van der Waals surface area (Å²) in [5.74, 6) is 0.617. The number of rotatable bonds is 6. The van der Waals surface area contributed by atoms with Gasteiger partial charge in [0.2, 0.25) is 0 Å². The Bertz CT molecular complexity index is 738. The van der Waals surface area contributed by atoms with E-state index in [0.717, 1.165) is 38.5 Å². The number of ether oxygens (including phenoxy) is 1. The van der Waals surface area contributed by atoms with Crippen LogP contribution in [0.4, 0.5) is 0 Å². The molecule has 0 bridgehead atoms. The Balaban J connectivity index is 1.25. The fourth-order valence-corrected chi connectivity index (χ4v) is 4.47. The molecule has 4 heterocycles. The van der Waals surface area contributed by atoms with Crippen LogP contribution < -0.4 is 0 Å². The van der Waals surface area contributed by atoms with Gasteiger partial charge in [0.05, 0.1) is 25.1 Å². The molecule has 0 unspecified atom stereocenters. The summed E-state index contributed by atoms with van der Waals surface area (Å²) in [6, 6.07) is 5.97. The first-order valence-corrected chi connectivity index (χ1v) is 9.44. The van der Waals surface area contributed by atoms with Gasteiger partial charge in [0.25, 0.3) is 0 Å². The van der Waals surface area contributed by atoms with Gasteiger partial charge >= 0.3 is 0 Å². The molecule has 4 rings (SSSR count). The number of hydrogen-bond acceptors (Lipinski definition) is 5. The summed E-state index contributed by atoms with van der Waals surface area (Å²) < 4.78 is 7.90. The summed E-state index contributed by atoms with van der Waals surface area (Å²) in [6.07, 6.45) is 5.06. The molecule has 140 valence electrons. The van der Waals surface area contributed by atoms with Gasteiger partial charge in [-0.25, -0.2) is 0 Å². The standard InChI is InChI=1S/C20H29N5O/c1-16-18(9-22-24(16)3)11-25-14-20(15-25)8-17(10-23(20)2)12-26-13-19-6-4-5-7-21-19/h4-7,9,17H,8,10-15H2,1-3H3/t17-/m0/s1. The number of aromatic nitrogens is 3. The second kappa shape index (κ2) is 7.10. The van der Waals surface area contributed by atoms with Crippen LogP contribution in [0.25, 0.3) is 0 Å². The third-order valence-electron chi connectivity index (χ3n) is 6.11. The summed E-state index contributed by atoms with van der Waals surface area (Å²) in [5.41, 5.74) is 3.97. The van der Waals surface area contributed by atoms with E-state index in [1.165, 1.54) is 17.7 Å². The predicted octanol–water partition coefficient (Wildman–Crippen LogP) is 1.85. The number of likely N-dealkylation sites (N-methyl/N-ethyl adjacent to an activating group) is 1. The van der Waals surface area contributed by atoms with Crippen LogP contribution in [-0.2, 0) is 24.9 Å². The largest absolute Gasteiger partial charge is 0.375 e. The van der Waals surface area contributed by atoms with Gasteiger partial charge in [0.1, 0.15) is 0 Å². The summed E-state index contributed by atoms with van der Waals surface area (Å²) in [4.78, 5) is 9.41. The third kappa shape index (κ3) is 3.41. The molecule has 0 aromatic carbocycles. The molecule has 2 saturated heterocycles. The van der Waals surface area contributed by atoms with Crippen molar-refractivity contribution in [1.82, 2.24) is 24.6 Å². The van der Waals surface area contributed by atoms with E-state index in [0.29, 0.717) is 18.1 Å². The maximum absolute atomic E-state index is 5.94.